The van der Waals surface area contributed by atoms with E-state index >= 15 is 0 Å². The number of halogens is 1. The van der Waals surface area contributed by atoms with Gasteiger partial charge in [0.25, 0.3) is 0 Å². The van der Waals surface area contributed by atoms with Gasteiger partial charge in [-0.25, -0.2) is 0 Å². The monoisotopic (exact) mass is 313 g/mol. The molecule has 1 aliphatic rings. The summed E-state index contributed by atoms with van der Waals surface area (Å²) in [6.45, 7) is 9.68. The van der Waals surface area contributed by atoms with Gasteiger partial charge in [-0.2, -0.15) is 0 Å². The smallest absolute Gasteiger partial charge is 0.122 e. The minimum Gasteiger partial charge on any atom is -0.491 e. The van der Waals surface area contributed by atoms with Gasteiger partial charge in [-0.15, -0.1) is 12.4 Å². The molecule has 0 saturated carbocycles. The molecule has 0 amide bonds. The van der Waals surface area contributed by atoms with Gasteiger partial charge in [0.05, 0.1) is 0 Å². The first kappa shape index (κ1) is 18.3. The van der Waals surface area contributed by atoms with Crippen molar-refractivity contribution >= 4 is 12.4 Å². The van der Waals surface area contributed by atoms with E-state index in [2.05, 4.69) is 30.9 Å². The van der Waals surface area contributed by atoms with Crippen LogP contribution in [0.5, 0.6) is 5.75 Å². The summed E-state index contributed by atoms with van der Waals surface area (Å²) in [7, 11) is 0. The molecule has 0 radical (unpaired) electrons. The third-order valence-electron chi connectivity index (χ3n) is 4.12. The molecule has 1 unspecified atom stereocenters. The lowest BCUT2D eigenvalue weighted by Gasteiger charge is -2.31. The molecule has 0 spiro atoms. The molecule has 1 N–H and O–H groups in total. The van der Waals surface area contributed by atoms with E-state index in [1.54, 1.807) is 0 Å². The SMILES string of the molecule is Cc1ccc(C)c(OCC(O)CN2CCC(C)CC2)c1.Cl. The van der Waals surface area contributed by atoms with Crippen LogP contribution in [-0.4, -0.2) is 42.4 Å². The van der Waals surface area contributed by atoms with Crippen LogP contribution < -0.4 is 4.74 Å². The molecule has 1 atom stereocenters. The summed E-state index contributed by atoms with van der Waals surface area (Å²) >= 11 is 0. The third-order valence-corrected chi connectivity index (χ3v) is 4.12. The second-order valence-corrected chi connectivity index (χ2v) is 6.22. The van der Waals surface area contributed by atoms with E-state index < -0.39 is 6.10 Å². The van der Waals surface area contributed by atoms with Crippen molar-refractivity contribution in [3.8, 4) is 5.75 Å². The van der Waals surface area contributed by atoms with Crippen molar-refractivity contribution in [2.45, 2.75) is 39.7 Å². The van der Waals surface area contributed by atoms with E-state index in [0.29, 0.717) is 6.61 Å². The van der Waals surface area contributed by atoms with Gasteiger partial charge >= 0.3 is 0 Å². The van der Waals surface area contributed by atoms with Crippen LogP contribution in [0.2, 0.25) is 0 Å². The van der Waals surface area contributed by atoms with Gasteiger partial charge in [0.2, 0.25) is 0 Å². The standard InChI is InChI=1S/C17H27NO2.ClH/c1-13-6-8-18(9-7-13)11-16(19)12-20-17-10-14(2)4-5-15(17)3;/h4-5,10,13,16,19H,6-9,11-12H2,1-3H3;1H. The van der Waals surface area contributed by atoms with E-state index in [9.17, 15) is 5.11 Å². The van der Waals surface area contributed by atoms with Gasteiger partial charge in [0.1, 0.15) is 18.5 Å². The predicted octanol–water partition coefficient (Wildman–Crippen LogP) is 3.20. The molecule has 4 heteroatoms. The number of β-amino-alcohol motifs (C(OH)–C–C–N with tert-alkyl or cyclic N) is 1. The quantitative estimate of drug-likeness (QED) is 0.906. The van der Waals surface area contributed by atoms with Crippen LogP contribution in [0, 0.1) is 19.8 Å². The molecule has 1 heterocycles. The van der Waals surface area contributed by atoms with Crippen LogP contribution in [0.3, 0.4) is 0 Å². The van der Waals surface area contributed by atoms with Gasteiger partial charge in [-0.3, -0.25) is 0 Å². The maximum Gasteiger partial charge on any atom is 0.122 e. The largest absolute Gasteiger partial charge is 0.491 e. The Morgan fingerprint density at radius 1 is 1.29 bits per heavy atom. The van der Waals surface area contributed by atoms with Gasteiger partial charge < -0.3 is 14.7 Å². The summed E-state index contributed by atoms with van der Waals surface area (Å²) in [5, 5.41) is 10.1. The zero-order chi connectivity index (χ0) is 14.5. The maximum absolute atomic E-state index is 10.1. The van der Waals surface area contributed by atoms with Crippen LogP contribution in [0.25, 0.3) is 0 Å². The van der Waals surface area contributed by atoms with Gasteiger partial charge in [-0.1, -0.05) is 19.1 Å². The number of rotatable bonds is 5. The minimum absolute atomic E-state index is 0. The normalized spacial score (nSPS) is 18.1. The Kier molecular flexibility index (Phi) is 7.50. The van der Waals surface area contributed by atoms with Crippen LogP contribution in [0.1, 0.15) is 30.9 Å². The lowest BCUT2D eigenvalue weighted by Crippen LogP contribution is -2.40. The number of aryl methyl sites for hydroxylation is 2. The minimum atomic E-state index is -0.414. The zero-order valence-electron chi connectivity index (χ0n) is 13.3. The molecule has 1 aliphatic heterocycles. The molecule has 3 nitrogen and oxygen atoms in total. The lowest BCUT2D eigenvalue weighted by atomic mass is 9.99. The van der Waals surface area contributed by atoms with E-state index in [-0.39, 0.29) is 12.4 Å². The molecular formula is C17H28ClNO2. The number of piperidine rings is 1. The summed E-state index contributed by atoms with van der Waals surface area (Å²) < 4.78 is 5.77. The van der Waals surface area contributed by atoms with Crippen molar-refractivity contribution in [3.05, 3.63) is 29.3 Å². The molecule has 0 bridgehead atoms. The van der Waals surface area contributed by atoms with Crippen molar-refractivity contribution in [1.29, 1.82) is 0 Å². The Labute approximate surface area is 134 Å². The molecule has 0 aromatic heterocycles. The summed E-state index contributed by atoms with van der Waals surface area (Å²) in [5.74, 6) is 1.71. The van der Waals surface area contributed by atoms with Crippen LogP contribution in [-0.2, 0) is 0 Å². The number of hydrogen-bond acceptors (Lipinski definition) is 3. The third kappa shape index (κ3) is 5.85. The number of nitrogens with zero attached hydrogens (tertiary/aromatic N) is 1. The number of ether oxygens (including phenoxy) is 1. The van der Waals surface area contributed by atoms with Crippen molar-refractivity contribution in [1.82, 2.24) is 4.90 Å². The highest BCUT2D eigenvalue weighted by Gasteiger charge is 2.18. The van der Waals surface area contributed by atoms with Gasteiger partial charge in [0.15, 0.2) is 0 Å². The number of aliphatic hydroxyl groups is 1. The van der Waals surface area contributed by atoms with E-state index in [0.717, 1.165) is 36.9 Å². The second-order valence-electron chi connectivity index (χ2n) is 6.22. The Bertz CT molecular complexity index is 431. The first-order valence-corrected chi connectivity index (χ1v) is 7.65. The Balaban J connectivity index is 0.00000220. The maximum atomic E-state index is 10.1. The number of aliphatic hydroxyl groups excluding tert-OH is 1. The summed E-state index contributed by atoms with van der Waals surface area (Å²) in [5.41, 5.74) is 2.31. The fourth-order valence-corrected chi connectivity index (χ4v) is 2.64. The average molecular weight is 314 g/mol. The van der Waals surface area contributed by atoms with Crippen LogP contribution in [0.15, 0.2) is 18.2 Å². The second kappa shape index (κ2) is 8.62. The van der Waals surface area contributed by atoms with Gasteiger partial charge in [0, 0.05) is 6.54 Å². The Morgan fingerprint density at radius 2 is 1.95 bits per heavy atom. The summed E-state index contributed by atoms with van der Waals surface area (Å²) in [6.07, 6.45) is 2.07. The van der Waals surface area contributed by atoms with Crippen molar-refractivity contribution in [2.75, 3.05) is 26.2 Å². The lowest BCUT2D eigenvalue weighted by molar-refractivity contribution is 0.0561. The number of likely N-dealkylation sites (tertiary alicyclic amines) is 1. The molecule has 21 heavy (non-hydrogen) atoms. The molecule has 1 fully saturated rings. The van der Waals surface area contributed by atoms with E-state index in [1.807, 2.05) is 13.0 Å². The van der Waals surface area contributed by atoms with Crippen molar-refractivity contribution in [3.63, 3.8) is 0 Å². The summed E-state index contributed by atoms with van der Waals surface area (Å²) in [6, 6.07) is 6.17. The van der Waals surface area contributed by atoms with Gasteiger partial charge in [-0.05, 0) is 62.9 Å². The Morgan fingerprint density at radius 3 is 2.62 bits per heavy atom. The molecule has 1 saturated heterocycles. The number of benzene rings is 1. The average Bonchev–Trinajstić information content (AvgIpc) is 2.42. The first-order valence-electron chi connectivity index (χ1n) is 7.65. The highest BCUT2D eigenvalue weighted by atomic mass is 35.5. The summed E-state index contributed by atoms with van der Waals surface area (Å²) in [4.78, 5) is 2.34. The molecule has 1 aromatic carbocycles. The highest BCUT2D eigenvalue weighted by Crippen LogP contribution is 2.20. The van der Waals surface area contributed by atoms with Crippen LogP contribution >= 0.6 is 12.4 Å². The van der Waals surface area contributed by atoms with E-state index in [4.69, 9.17) is 4.74 Å². The molecule has 2 rings (SSSR count). The molecule has 1 aromatic rings. The van der Waals surface area contributed by atoms with Crippen molar-refractivity contribution < 1.29 is 9.84 Å². The fraction of sp³-hybridized carbons (Fsp3) is 0.647. The fourth-order valence-electron chi connectivity index (χ4n) is 2.64. The van der Waals surface area contributed by atoms with Crippen molar-refractivity contribution in [2.24, 2.45) is 5.92 Å². The molecule has 120 valence electrons. The predicted molar refractivity (Wildman–Crippen MR) is 89.5 cm³/mol. The Hall–Kier alpha value is -0.770. The zero-order valence-corrected chi connectivity index (χ0v) is 14.2. The van der Waals surface area contributed by atoms with E-state index in [1.165, 1.54) is 18.4 Å². The first-order chi connectivity index (χ1) is 9.54. The molecular weight excluding hydrogens is 286 g/mol. The number of hydrogen-bond donors (Lipinski definition) is 1. The molecule has 0 aliphatic carbocycles. The van der Waals surface area contributed by atoms with Crippen LogP contribution in [0.4, 0.5) is 0 Å². The topological polar surface area (TPSA) is 32.7 Å². The highest BCUT2D eigenvalue weighted by molar-refractivity contribution is 5.85.